The number of nitrogens with zero attached hydrogens (tertiary/aromatic N) is 10. The Hall–Kier alpha value is -8.62. The Kier molecular flexibility index (Phi) is 31.2. The van der Waals surface area contributed by atoms with Gasteiger partial charge in [-0.05, 0) is 296 Å². The van der Waals surface area contributed by atoms with Crippen molar-refractivity contribution in [3.8, 4) is 0 Å². The van der Waals surface area contributed by atoms with Crippen LogP contribution >= 0.6 is 0 Å². The Morgan fingerprint density at radius 2 is 0.797 bits per heavy atom. The first-order chi connectivity index (χ1) is 58.9. The van der Waals surface area contributed by atoms with E-state index in [2.05, 4.69) is 104 Å². The molecule has 1 unspecified atom stereocenters. The van der Waals surface area contributed by atoms with E-state index in [9.17, 15) is 42.3 Å². The van der Waals surface area contributed by atoms with Crippen LogP contribution in [0.15, 0.2) is 31.0 Å². The summed E-state index contributed by atoms with van der Waals surface area (Å²) in [5.74, 6) is 4.22. The van der Waals surface area contributed by atoms with Crippen molar-refractivity contribution in [3.63, 3.8) is 0 Å². The molecule has 32 heteroatoms. The number of carbonyl (C=O) groups is 5. The van der Waals surface area contributed by atoms with Crippen molar-refractivity contribution in [1.82, 2.24) is 49.8 Å². The number of rotatable bonds is 34. The van der Waals surface area contributed by atoms with Gasteiger partial charge in [-0.3, -0.25) is 24.0 Å². The fraction of sp³-hybridized carbons (Fsp3) is 0.725. The lowest BCUT2D eigenvalue weighted by Crippen LogP contribution is -2.53. The number of ether oxygens (including phenoxy) is 3. The van der Waals surface area contributed by atoms with E-state index in [-0.39, 0.29) is 42.5 Å². The number of nitrogens with two attached hydrogens (primary N) is 5. The van der Waals surface area contributed by atoms with Gasteiger partial charge in [-0.1, -0.05) is 34.1 Å². The lowest BCUT2D eigenvalue weighted by Gasteiger charge is -2.62. The highest BCUT2D eigenvalue weighted by molar-refractivity contribution is 5.96. The third-order valence-corrected chi connectivity index (χ3v) is 28.1. The monoisotopic (exact) mass is 1710 g/mol. The van der Waals surface area contributed by atoms with Crippen LogP contribution in [0.4, 0.5) is 42.9 Å². The van der Waals surface area contributed by atoms with E-state index >= 15 is 0 Å². The highest BCUT2D eigenvalue weighted by Crippen LogP contribution is 2.66. The van der Waals surface area contributed by atoms with Crippen LogP contribution < -0.4 is 55.3 Å². The topological polar surface area (TPSA) is 452 Å². The molecule has 7 atom stereocenters. The zero-order valence-corrected chi connectivity index (χ0v) is 73.1. The quantitative estimate of drug-likeness (QED) is 0.0182. The average Bonchev–Trinajstić information content (AvgIpc) is 1.69. The first kappa shape index (κ1) is 92.1. The second-order valence-corrected chi connectivity index (χ2v) is 38.7. The van der Waals surface area contributed by atoms with Gasteiger partial charge in [-0.2, -0.15) is 0 Å². The molecule has 5 aromatic rings. The first-order valence-electron chi connectivity index (χ1n) is 46.0. The number of aliphatic hydroxyl groups is 1. The summed E-state index contributed by atoms with van der Waals surface area (Å²) in [4.78, 5) is 103. The van der Waals surface area contributed by atoms with Gasteiger partial charge in [0, 0.05) is 68.7 Å². The number of halogens is 3. The second kappa shape index (κ2) is 41.7. The minimum absolute atomic E-state index is 0.00829. The van der Waals surface area contributed by atoms with Gasteiger partial charge >= 0.3 is 0 Å². The molecule has 19 rings (SSSR count). The number of aromatic nitrogens is 10. The van der Waals surface area contributed by atoms with Crippen LogP contribution in [-0.2, 0) is 46.3 Å². The van der Waals surface area contributed by atoms with E-state index in [1.54, 1.807) is 18.6 Å². The molecule has 0 radical (unpaired) electrons. The fourth-order valence-corrected chi connectivity index (χ4v) is 20.1. The van der Waals surface area contributed by atoms with Crippen molar-refractivity contribution < 1.29 is 56.5 Å². The molecule has 14 fully saturated rings. The molecule has 1 aliphatic heterocycles. The highest BCUT2D eigenvalue weighted by Gasteiger charge is 2.57. The SMILES string of the molecule is CC(F)(F)COC1CCC(Nc2ncc(C(N)=O)c(CC34CC(C3)C4)n2)CC1.CC(F)OC1CCC(Nc2ncc(C(N)=O)c(CC34CC(C3)C4)n2)CC1.CCC1CCC(Nc2ncc(C(N)=O)c(C[C@H](C)C3CC3)n2)CC1.C[C@@H](Cc1nc(N[C@@H]2CCC[C@H](O)C2)ncc1C(N)=O)C1CC1.C[C@@H](Cc1nc(N[C@H]2CCCOC2)ncc1C(N)=O)C1CC1. The van der Waals surface area contributed by atoms with Gasteiger partial charge in [0.25, 0.3) is 35.5 Å². The Balaban J connectivity index is 0.000000133. The molecule has 13 aliphatic carbocycles. The molecule has 16 N–H and O–H groups in total. The smallest absolute Gasteiger partial charge is 0.268 e. The molecule has 14 aliphatic rings. The Morgan fingerprint density at radius 1 is 0.463 bits per heavy atom. The van der Waals surface area contributed by atoms with Crippen molar-refractivity contribution in [2.45, 2.75) is 333 Å². The van der Waals surface area contributed by atoms with E-state index in [0.717, 1.165) is 200 Å². The summed E-state index contributed by atoms with van der Waals surface area (Å²) in [5.41, 5.74) is 34.1. The molecule has 29 nitrogen and oxygen atoms in total. The maximum atomic E-state index is 13.0. The number of hydrogen-bond acceptors (Lipinski definition) is 24. The minimum atomic E-state index is -2.79. The van der Waals surface area contributed by atoms with Crippen LogP contribution in [0.2, 0.25) is 0 Å². The summed E-state index contributed by atoms with van der Waals surface area (Å²) in [6.07, 6.45) is 43.5. The Morgan fingerprint density at radius 3 is 1.11 bits per heavy atom. The highest BCUT2D eigenvalue weighted by atomic mass is 19.3. The normalized spacial score (nSPS) is 28.2. The van der Waals surface area contributed by atoms with Gasteiger partial charge in [-0.15, -0.1) is 0 Å². The predicted octanol–water partition coefficient (Wildman–Crippen LogP) is 13.5. The van der Waals surface area contributed by atoms with Crippen LogP contribution in [0.3, 0.4) is 0 Å². The molecule has 4 bridgehead atoms. The summed E-state index contributed by atoms with van der Waals surface area (Å²) in [7, 11) is 0. The van der Waals surface area contributed by atoms with Gasteiger partial charge in [0.15, 0.2) is 6.36 Å². The first-order valence-corrected chi connectivity index (χ1v) is 46.0. The van der Waals surface area contributed by atoms with E-state index < -0.39 is 48.4 Å². The minimum Gasteiger partial charge on any atom is -0.393 e. The predicted molar refractivity (Wildman–Crippen MR) is 463 cm³/mol. The molecular weight excluding hydrogens is 1570 g/mol. The van der Waals surface area contributed by atoms with Crippen LogP contribution in [0.5, 0.6) is 0 Å². The van der Waals surface area contributed by atoms with Gasteiger partial charge in [-0.25, -0.2) is 63.0 Å². The largest absolute Gasteiger partial charge is 0.393 e. The number of nitrogens with one attached hydrogen (secondary N) is 5. The third kappa shape index (κ3) is 26.7. The van der Waals surface area contributed by atoms with E-state index in [1.807, 2.05) is 0 Å². The summed E-state index contributed by atoms with van der Waals surface area (Å²) < 4.78 is 54.9. The van der Waals surface area contributed by atoms with Gasteiger partial charge in [0.2, 0.25) is 29.7 Å². The maximum Gasteiger partial charge on any atom is 0.268 e. The van der Waals surface area contributed by atoms with Gasteiger partial charge < -0.3 is 74.6 Å². The number of hydrogen-bond donors (Lipinski definition) is 11. The summed E-state index contributed by atoms with van der Waals surface area (Å²) >= 11 is 0. The van der Waals surface area contributed by atoms with E-state index in [0.29, 0.717) is 98.8 Å². The van der Waals surface area contributed by atoms with Crippen molar-refractivity contribution >= 4 is 59.3 Å². The van der Waals surface area contributed by atoms with Crippen molar-refractivity contribution in [1.29, 1.82) is 0 Å². The number of anilines is 5. The Bertz CT molecular complexity index is 4350. The van der Waals surface area contributed by atoms with Crippen LogP contribution in [-0.4, -0.2) is 165 Å². The number of aliphatic hydroxyl groups excluding tert-OH is 1. The molecule has 13 saturated carbocycles. The lowest BCUT2D eigenvalue weighted by molar-refractivity contribution is -0.105. The molecule has 123 heavy (non-hydrogen) atoms. The summed E-state index contributed by atoms with van der Waals surface area (Å²) in [6, 6.07) is 1.28. The second-order valence-electron chi connectivity index (χ2n) is 38.7. The van der Waals surface area contributed by atoms with Gasteiger partial charge in [0.05, 0.1) is 87.2 Å². The van der Waals surface area contributed by atoms with Crippen LogP contribution in [0, 0.1) is 64.1 Å². The van der Waals surface area contributed by atoms with Crippen molar-refractivity contribution in [3.05, 3.63) is 87.3 Å². The van der Waals surface area contributed by atoms with Crippen molar-refractivity contribution in [2.24, 2.45) is 92.8 Å². The molecule has 5 amide bonds. The summed E-state index contributed by atoms with van der Waals surface area (Å²) in [6.45, 7) is 12.2. The molecule has 0 aromatic carbocycles. The maximum absolute atomic E-state index is 13.0. The Labute approximate surface area is 722 Å². The zero-order valence-electron chi connectivity index (χ0n) is 73.1. The molecular formula is C91H135F3N20O9. The zero-order chi connectivity index (χ0) is 87.3. The molecule has 0 spiro atoms. The van der Waals surface area contributed by atoms with Gasteiger partial charge in [0.1, 0.15) is 6.61 Å². The number of amides is 5. The number of alkyl halides is 3. The number of carbonyl (C=O) groups excluding carboxylic acids is 5. The fourth-order valence-electron chi connectivity index (χ4n) is 20.1. The van der Waals surface area contributed by atoms with E-state index in [4.69, 9.17) is 42.9 Å². The van der Waals surface area contributed by atoms with E-state index in [1.165, 1.54) is 128 Å². The molecule has 6 heterocycles. The van der Waals surface area contributed by atoms with Crippen molar-refractivity contribution in [2.75, 3.05) is 46.4 Å². The number of primary amides is 5. The van der Waals surface area contributed by atoms with Crippen LogP contribution in [0.1, 0.15) is 321 Å². The lowest BCUT2D eigenvalue weighted by atomic mass is 9.43. The van der Waals surface area contributed by atoms with Crippen LogP contribution in [0.25, 0.3) is 0 Å². The average molecular weight is 1710 g/mol. The summed E-state index contributed by atoms with van der Waals surface area (Å²) in [5, 5.41) is 26.6. The standard InChI is InChI=1S/C20H28F2N4O2.C19H27FN4O2.C19H30N4O.C17H26N4O2.C16H24N4O2/c1-19(21,22)11-28-14-4-2-13(3-5-14)25-18-24-10-15(17(23)27)16(26-18)9-20-6-12(7-20)8-20;1-11(20)26-14-4-2-13(3-5-14)23-18-22-10-15(17(21)25)16(24-18)9-19-6-12(7-19)8-19;1-3-13-4-8-15(9-5-13)22-19-21-11-16(18(20)24)17(23-19)10-12(2)14-6-7-14;1-10(11-5-6-11)7-15-14(16(18)23)9-19-17(21-15)20-12-3-2-4-13(22)8-12;1-10(11-4-5-11)7-14-13(15(17)21)8-18-16(20-14)19-12-3-2-6-22-9-12/h10,12-14H,2-9,11H2,1H3,(H2,23,27)(H,24,25,26);10-14H,2-9H2,1H3,(H2,21,25)(H,22,23,24);11-15H,3-10H2,1-2H3,(H2,20,24)(H,21,22,23);9-13,22H,2-8H2,1H3,(H2,18,23)(H,19,20,21);8,10-12H,2-7,9H2,1H3,(H2,17,21)(H,18,19,20)/t;;12-,13?,15?;10-,12+,13-;10-,12-/m..000/s1. The molecule has 5 aromatic heterocycles. The molecule has 1 saturated heterocycles. The molecule has 674 valence electrons. The third-order valence-electron chi connectivity index (χ3n) is 28.1.